The molecule has 0 aromatic heterocycles. The van der Waals surface area contributed by atoms with Gasteiger partial charge in [-0.3, -0.25) is 0 Å². The van der Waals surface area contributed by atoms with E-state index in [0.29, 0.717) is 13.0 Å². The van der Waals surface area contributed by atoms with Crippen LogP contribution in [0.25, 0.3) is 0 Å². The number of hydrogen-bond acceptors (Lipinski definition) is 6. The molecule has 8 atom stereocenters. The van der Waals surface area contributed by atoms with E-state index in [-0.39, 0.29) is 63.9 Å². The summed E-state index contributed by atoms with van der Waals surface area (Å²) in [6.45, 7) is 38.8. The number of rotatable bonds is 24. The summed E-state index contributed by atoms with van der Waals surface area (Å²) in [5.74, 6) is -0.368. The zero-order chi connectivity index (χ0) is 49.8. The summed E-state index contributed by atoms with van der Waals surface area (Å²) in [4.78, 5) is 0. The number of methoxy groups -OCH3 is 1. The van der Waals surface area contributed by atoms with Crippen LogP contribution in [-0.4, -0.2) is 75.0 Å². The fourth-order valence-electron chi connectivity index (χ4n) is 9.58. The Morgan fingerprint density at radius 3 is 1.37 bits per heavy atom. The largest absolute Gasteiger partial charge is 0.413 e. The Hall–Kier alpha value is -3.23. The predicted octanol–water partition coefficient (Wildman–Crippen LogP) is 11.9. The van der Waals surface area contributed by atoms with Crippen LogP contribution < -0.4 is 20.7 Å². The van der Waals surface area contributed by atoms with Gasteiger partial charge in [-0.15, -0.1) is 6.58 Å². The molecule has 368 valence electrons. The molecule has 0 aliphatic rings. The van der Waals surface area contributed by atoms with Gasteiger partial charge < -0.3 is 27.9 Å². The third-order valence-corrected chi connectivity index (χ3v) is 29.1. The summed E-state index contributed by atoms with van der Waals surface area (Å²) in [6.07, 6.45) is 5.40. The molecule has 0 aliphatic heterocycles. The Balaban J connectivity index is 1.88. The van der Waals surface area contributed by atoms with Crippen molar-refractivity contribution in [2.45, 2.75) is 149 Å². The lowest BCUT2D eigenvalue weighted by atomic mass is 9.87. The van der Waals surface area contributed by atoms with Crippen LogP contribution in [0.5, 0.6) is 0 Å². The van der Waals surface area contributed by atoms with Crippen LogP contribution in [0.2, 0.25) is 28.2 Å². The second kappa shape index (κ2) is 24.1. The fourth-order valence-corrected chi connectivity index (χ4v) is 20.3. The van der Waals surface area contributed by atoms with Crippen LogP contribution in [0.15, 0.2) is 146 Å². The van der Waals surface area contributed by atoms with E-state index < -0.39 is 31.1 Å². The maximum Gasteiger partial charge on any atom is 0.261 e. The van der Waals surface area contributed by atoms with Crippen molar-refractivity contribution in [1.29, 1.82) is 0 Å². The van der Waals surface area contributed by atoms with Crippen LogP contribution in [0.1, 0.15) is 96.4 Å². The molecule has 0 amide bonds. The van der Waals surface area contributed by atoms with Crippen LogP contribution >= 0.6 is 0 Å². The Morgan fingerprint density at radius 1 is 0.582 bits per heavy atom. The lowest BCUT2D eigenvalue weighted by Gasteiger charge is -2.47. The molecule has 0 aliphatic carbocycles. The average molecular weight is 966 g/mol. The van der Waals surface area contributed by atoms with Gasteiger partial charge in [0.05, 0.1) is 24.4 Å². The van der Waals surface area contributed by atoms with Crippen molar-refractivity contribution < 1.29 is 27.9 Å². The summed E-state index contributed by atoms with van der Waals surface area (Å²) in [5, 5.41) is 16.4. The van der Waals surface area contributed by atoms with Gasteiger partial charge >= 0.3 is 0 Å². The predicted molar refractivity (Wildman–Crippen MR) is 292 cm³/mol. The second-order valence-corrected chi connectivity index (χ2v) is 36.0. The quantitative estimate of drug-likeness (QED) is 0.0429. The molecule has 0 bridgehead atoms. The number of aliphatic hydroxyl groups excluding tert-OH is 1. The Kier molecular flexibility index (Phi) is 20.2. The van der Waals surface area contributed by atoms with Gasteiger partial charge in [0.1, 0.15) is 6.79 Å². The third-order valence-electron chi connectivity index (χ3n) is 14.6. The van der Waals surface area contributed by atoms with Gasteiger partial charge in [-0.2, -0.15) is 0 Å². The first-order chi connectivity index (χ1) is 31.4. The minimum Gasteiger partial charge on any atom is -0.413 e. The molecule has 9 heteroatoms. The van der Waals surface area contributed by atoms with Crippen LogP contribution in [0.3, 0.4) is 0 Å². The molecule has 0 radical (unpaired) electrons. The van der Waals surface area contributed by atoms with Crippen LogP contribution in [0, 0.1) is 23.7 Å². The molecule has 0 spiro atoms. The normalized spacial score (nSPS) is 17.0. The number of benzene rings is 4. The van der Waals surface area contributed by atoms with E-state index in [0.717, 1.165) is 0 Å². The molecule has 0 saturated heterocycles. The third kappa shape index (κ3) is 13.6. The van der Waals surface area contributed by atoms with Gasteiger partial charge in [0.25, 0.3) is 16.6 Å². The van der Waals surface area contributed by atoms with Gasteiger partial charge in [-0.25, -0.2) is 0 Å². The molecule has 67 heavy (non-hydrogen) atoms. The first-order valence-corrected chi connectivity index (χ1v) is 31.4. The number of aliphatic hydroxyl groups is 1. The van der Waals surface area contributed by atoms with Gasteiger partial charge in [-0.05, 0) is 49.0 Å². The van der Waals surface area contributed by atoms with Crippen molar-refractivity contribution in [3.63, 3.8) is 0 Å². The summed E-state index contributed by atoms with van der Waals surface area (Å²) in [5.41, 5.74) is 0. The molecule has 4 aromatic rings. The van der Waals surface area contributed by atoms with Gasteiger partial charge in [0.2, 0.25) is 0 Å². The smallest absolute Gasteiger partial charge is 0.261 e. The molecular weight excluding hydrogens is 877 g/mol. The highest BCUT2D eigenvalue weighted by Crippen LogP contribution is 2.42. The minimum absolute atomic E-state index is 0.00211. The monoisotopic (exact) mass is 965 g/mol. The van der Waals surface area contributed by atoms with E-state index in [1.807, 2.05) is 13.0 Å². The van der Waals surface area contributed by atoms with Crippen LogP contribution in [-0.2, 0) is 22.8 Å². The van der Waals surface area contributed by atoms with Crippen molar-refractivity contribution in [3.05, 3.63) is 146 Å². The van der Waals surface area contributed by atoms with Crippen LogP contribution in [0.4, 0.5) is 0 Å². The van der Waals surface area contributed by atoms with Gasteiger partial charge in [0.15, 0.2) is 8.32 Å². The molecule has 0 unspecified atom stereocenters. The summed E-state index contributed by atoms with van der Waals surface area (Å²) >= 11 is 0. The number of hydrogen-bond donors (Lipinski definition) is 1. The van der Waals surface area contributed by atoms with Gasteiger partial charge in [-0.1, -0.05) is 230 Å². The van der Waals surface area contributed by atoms with Gasteiger partial charge in [0, 0.05) is 43.8 Å². The molecular formula is C58H88O6Si3. The molecule has 0 fully saturated rings. The first kappa shape index (κ1) is 56.4. The van der Waals surface area contributed by atoms with E-state index in [4.69, 9.17) is 22.8 Å². The minimum atomic E-state index is -3.06. The molecule has 1 N–H and O–H groups in total. The summed E-state index contributed by atoms with van der Waals surface area (Å²) in [7, 11) is -6.53. The molecule has 4 aromatic carbocycles. The summed E-state index contributed by atoms with van der Waals surface area (Å²) in [6, 6.07) is 43.3. The number of ether oxygens (including phenoxy) is 2. The Bertz CT molecular complexity index is 2000. The zero-order valence-electron chi connectivity index (χ0n) is 44.2. The molecule has 6 nitrogen and oxygen atoms in total. The Labute approximate surface area is 411 Å². The van der Waals surface area contributed by atoms with E-state index in [1.165, 1.54) is 20.7 Å². The van der Waals surface area contributed by atoms with E-state index in [9.17, 15) is 5.11 Å². The summed E-state index contributed by atoms with van der Waals surface area (Å²) < 4.78 is 35.2. The lowest BCUT2D eigenvalue weighted by Crippen LogP contribution is -2.67. The fraction of sp³-hybridized carbons (Fsp3) is 0.517. The standard InChI is InChI=1S/C58H88O6Si3/c1-18-44(2)54(59)47(5)53(64-65(16,17)56(6,7)8)41-48(63-67(58(12,13)14,51-35-27-21-28-36-51)52-37-29-22-30-38-52)40-39-45(3)55(61-43-60-15)46(4)42-62-66(57(9,10)11,49-31-23-19-24-32-49)50-33-25-20-26-34-50/h18-40,44-48,53-55,59H,1,41-43H2,2-17H3/b40-39-/t44-,45-,46-,47-,48+,53-,54+,55-/m0/s1. The highest BCUT2D eigenvalue weighted by Gasteiger charge is 2.53. The van der Waals surface area contributed by atoms with Crippen molar-refractivity contribution >= 4 is 45.7 Å². The van der Waals surface area contributed by atoms with Crippen molar-refractivity contribution in [2.24, 2.45) is 23.7 Å². The van der Waals surface area contributed by atoms with E-state index >= 15 is 0 Å². The molecule has 4 rings (SSSR count). The highest BCUT2D eigenvalue weighted by molar-refractivity contribution is 7.00. The van der Waals surface area contributed by atoms with Crippen molar-refractivity contribution in [2.75, 3.05) is 20.5 Å². The van der Waals surface area contributed by atoms with Crippen molar-refractivity contribution in [3.8, 4) is 0 Å². The maximum atomic E-state index is 11.9. The second-order valence-electron chi connectivity index (χ2n) is 22.6. The van der Waals surface area contributed by atoms with E-state index in [1.54, 1.807) is 7.11 Å². The van der Waals surface area contributed by atoms with E-state index in [2.05, 4.69) is 236 Å². The highest BCUT2D eigenvalue weighted by atomic mass is 28.4. The zero-order valence-corrected chi connectivity index (χ0v) is 47.2. The SMILES string of the molecule is C=C[C@H](C)[C@@H](O)[C@@H](C)[C@H](C[C@@H](/C=C\[C@H](C)[C@H](OCOC)[C@@H](C)CO[Si](c1ccccc1)(c1ccccc1)C(C)(C)C)O[Si](c1ccccc1)(c1ccccc1)C(C)(C)C)O[Si](C)(C)C(C)(C)C. The average Bonchev–Trinajstić information content (AvgIpc) is 3.29. The maximum absolute atomic E-state index is 11.9. The first-order valence-electron chi connectivity index (χ1n) is 24.7. The lowest BCUT2D eigenvalue weighted by molar-refractivity contribution is -0.106. The topological polar surface area (TPSA) is 66.4 Å². The van der Waals surface area contributed by atoms with Crippen molar-refractivity contribution in [1.82, 2.24) is 0 Å². The molecule has 0 saturated carbocycles. The molecule has 0 heterocycles. The Morgan fingerprint density at radius 2 is 1.00 bits per heavy atom.